The number of aliphatic imine (C=N–C) groups is 1. The molecule has 3 aromatic rings. The van der Waals surface area contributed by atoms with Crippen molar-refractivity contribution in [3.8, 4) is 11.5 Å². The molecule has 1 aromatic heterocycles. The van der Waals surface area contributed by atoms with E-state index in [1.807, 2.05) is 19.3 Å². The maximum absolute atomic E-state index is 13.7. The van der Waals surface area contributed by atoms with Crippen molar-refractivity contribution >= 4 is 28.8 Å². The summed E-state index contributed by atoms with van der Waals surface area (Å²) >= 11 is 0. The number of phenols is 1. The lowest BCUT2D eigenvalue weighted by Crippen LogP contribution is -2.58. The smallest absolute Gasteiger partial charge is 0.220 e. The molecule has 7 rings (SSSR count). The van der Waals surface area contributed by atoms with Crippen LogP contribution in [0.2, 0.25) is 0 Å². The Morgan fingerprint density at radius 1 is 1.14 bits per heavy atom. The Kier molecular flexibility index (Phi) is 12.6. The van der Waals surface area contributed by atoms with E-state index in [4.69, 9.17) is 18.9 Å². The summed E-state index contributed by atoms with van der Waals surface area (Å²) in [6, 6.07) is 8.90. The number of ether oxygens (including phenoxy) is 1. The molecule has 4 aliphatic rings. The van der Waals surface area contributed by atoms with E-state index in [-0.39, 0.29) is 41.9 Å². The van der Waals surface area contributed by atoms with Crippen LogP contribution in [0, 0.1) is 12.8 Å². The Balaban J connectivity index is 1.30. The van der Waals surface area contributed by atoms with Gasteiger partial charge >= 0.3 is 0 Å². The molecule has 59 heavy (non-hydrogen) atoms. The second-order valence-corrected chi connectivity index (χ2v) is 16.2. The van der Waals surface area contributed by atoms with Gasteiger partial charge in [-0.2, -0.15) is 0 Å². The molecule has 1 unspecified atom stereocenters. The summed E-state index contributed by atoms with van der Waals surface area (Å²) in [5.41, 5.74) is 0.246. The number of carbonyl (C=O) groups is 1. The Bertz CT molecular complexity index is 2170. The number of anilines is 1. The van der Waals surface area contributed by atoms with Gasteiger partial charge in [-0.1, -0.05) is 19.1 Å². The second-order valence-electron chi connectivity index (χ2n) is 16.2. The first-order chi connectivity index (χ1) is 28.3. The summed E-state index contributed by atoms with van der Waals surface area (Å²) < 4.78 is 13.7. The molecule has 4 aliphatic heterocycles. The van der Waals surface area contributed by atoms with Gasteiger partial charge in [0.2, 0.25) is 5.91 Å². The van der Waals surface area contributed by atoms with E-state index in [0.29, 0.717) is 84.5 Å². The van der Waals surface area contributed by atoms with E-state index in [1.54, 1.807) is 19.2 Å². The van der Waals surface area contributed by atoms with Crippen LogP contribution >= 0.6 is 0 Å². The Hall–Kier alpha value is -4.65. The Morgan fingerprint density at radius 2 is 1.92 bits per heavy atom. The third-order valence-corrected chi connectivity index (χ3v) is 12.0. The van der Waals surface area contributed by atoms with Crippen molar-refractivity contribution in [3.05, 3.63) is 87.1 Å². The van der Waals surface area contributed by atoms with E-state index in [0.717, 1.165) is 11.3 Å². The lowest BCUT2D eigenvalue weighted by molar-refractivity contribution is -0.373. The number of benzene rings is 2. The predicted molar refractivity (Wildman–Crippen MR) is 217 cm³/mol. The Morgan fingerprint density at radius 3 is 2.61 bits per heavy atom. The number of nitrogens with one attached hydrogen (secondary N) is 2. The highest BCUT2D eigenvalue weighted by molar-refractivity contribution is 5.96. The fourth-order valence-corrected chi connectivity index (χ4v) is 8.73. The standard InChI is InChI=1S/C43H54N4O12/c1-4-32-29-10-13-45-31(29)21-47(32)37-39-27(17-30-33(50)15-24(2)57-40(30)37)18-35(43(58-39,12-14-44-3)11-9-26-16-36(52)46-20-26)59-56-23-42(55,41(54)38(53)34(51)22-48)19-25-5-7-28(49)8-6-25/h5-8,10,13,15,17,21,26,32,34-35,38,41,44,48-49,51,53-55H,4,9,11-12,14,16,18-20,22-23H2,1-3H3,(H,46,52)/t26-,32?,34+,35+,38+,41-,42-,43-/m0/s1. The molecule has 16 nitrogen and oxygen atoms in total. The highest BCUT2D eigenvalue weighted by atomic mass is 17.2. The van der Waals surface area contributed by atoms with Crippen molar-refractivity contribution in [1.29, 1.82) is 0 Å². The number of aryl methyl sites for hydroxylation is 1. The van der Waals surface area contributed by atoms with Crippen LogP contribution in [-0.4, -0.2) is 118 Å². The molecule has 8 atom stereocenters. The summed E-state index contributed by atoms with van der Waals surface area (Å²) in [5.74, 6) is 0.914. The molecule has 0 radical (unpaired) electrons. The van der Waals surface area contributed by atoms with Gasteiger partial charge in [-0.3, -0.25) is 14.6 Å². The van der Waals surface area contributed by atoms with Crippen LogP contribution in [0.3, 0.4) is 0 Å². The molecule has 0 spiro atoms. The van der Waals surface area contributed by atoms with Crippen LogP contribution < -0.4 is 25.7 Å². The maximum atomic E-state index is 13.7. The van der Waals surface area contributed by atoms with Gasteiger partial charge in [0.25, 0.3) is 0 Å². The van der Waals surface area contributed by atoms with Crippen molar-refractivity contribution in [3.63, 3.8) is 0 Å². The first-order valence-electron chi connectivity index (χ1n) is 20.2. The number of aromatic hydroxyl groups is 1. The minimum Gasteiger partial charge on any atom is -0.508 e. The minimum absolute atomic E-state index is 0.0229. The zero-order valence-electron chi connectivity index (χ0n) is 33.5. The SMILES string of the molecule is CCC1C2=CC=NC2=CN1c1c2c(cc3c(=O)cc(C)oc13)C[C@@H](OOC[C@@](O)(Cc1ccc(O)cc1)[C@@H](O)[C@H](O)[C@H](O)CO)[C@@](CCNC)(CC[C@@H]1CNC(=O)C1)O2. The van der Waals surface area contributed by atoms with Crippen molar-refractivity contribution in [2.45, 2.75) is 100 Å². The number of fused-ring (bicyclic) bond motifs is 3. The van der Waals surface area contributed by atoms with Gasteiger partial charge in [-0.25, -0.2) is 9.78 Å². The van der Waals surface area contributed by atoms with Crippen molar-refractivity contribution in [1.82, 2.24) is 10.6 Å². The van der Waals surface area contributed by atoms with Gasteiger partial charge in [0, 0.05) is 61.8 Å². The van der Waals surface area contributed by atoms with E-state index in [9.17, 15) is 40.2 Å². The summed E-state index contributed by atoms with van der Waals surface area (Å²) in [6.45, 7) is 3.20. The minimum atomic E-state index is -2.28. The number of hydrogen-bond donors (Lipinski definition) is 8. The molecule has 5 heterocycles. The van der Waals surface area contributed by atoms with E-state index < -0.39 is 48.8 Å². The number of aliphatic hydroxyl groups excluding tert-OH is 4. The number of phenolic OH excluding ortho intramolecular Hbond substituents is 1. The van der Waals surface area contributed by atoms with Gasteiger partial charge in [-0.05, 0) is 75.5 Å². The largest absolute Gasteiger partial charge is 0.508 e. The molecule has 0 saturated carbocycles. The van der Waals surface area contributed by atoms with Gasteiger partial charge in [-0.15, -0.1) is 0 Å². The lowest BCUT2D eigenvalue weighted by Gasteiger charge is -2.46. The van der Waals surface area contributed by atoms with Gasteiger partial charge in [0.1, 0.15) is 59.4 Å². The highest BCUT2D eigenvalue weighted by Crippen LogP contribution is 2.51. The number of amides is 1. The Labute approximate surface area is 341 Å². The van der Waals surface area contributed by atoms with Crippen LogP contribution in [-0.2, 0) is 27.4 Å². The van der Waals surface area contributed by atoms with Crippen LogP contribution in [0.1, 0.15) is 55.9 Å². The molecule has 1 fully saturated rings. The zero-order valence-corrected chi connectivity index (χ0v) is 33.5. The zero-order chi connectivity index (χ0) is 42.1. The summed E-state index contributed by atoms with van der Waals surface area (Å²) in [5, 5.41) is 70.1. The van der Waals surface area contributed by atoms with Gasteiger partial charge in [0.05, 0.1) is 23.7 Å². The van der Waals surface area contributed by atoms with Crippen LogP contribution in [0.5, 0.6) is 11.5 Å². The number of carbonyl (C=O) groups excluding carboxylic acids is 1. The van der Waals surface area contributed by atoms with Crippen LogP contribution in [0.15, 0.2) is 74.1 Å². The normalized spacial score (nSPS) is 24.8. The quantitative estimate of drug-likeness (QED) is 0.0676. The summed E-state index contributed by atoms with van der Waals surface area (Å²) in [4.78, 5) is 44.8. The topological polar surface area (TPSA) is 236 Å². The average molecular weight is 819 g/mol. The lowest BCUT2D eigenvalue weighted by atomic mass is 9.79. The summed E-state index contributed by atoms with van der Waals surface area (Å²) in [6.07, 6.45) is 1.38. The molecule has 0 bridgehead atoms. The maximum Gasteiger partial charge on any atom is 0.220 e. The van der Waals surface area contributed by atoms with E-state index >= 15 is 0 Å². The monoisotopic (exact) mass is 818 g/mol. The van der Waals surface area contributed by atoms with E-state index in [2.05, 4.69) is 27.4 Å². The van der Waals surface area contributed by atoms with Crippen LogP contribution in [0.25, 0.3) is 11.0 Å². The van der Waals surface area contributed by atoms with Crippen molar-refractivity contribution < 1.29 is 54.4 Å². The average Bonchev–Trinajstić information content (AvgIpc) is 3.95. The molecular weight excluding hydrogens is 764 g/mol. The predicted octanol–water partition coefficient (Wildman–Crippen LogP) is 1.82. The number of allylic oxidation sites excluding steroid dienone is 1. The molecule has 1 saturated heterocycles. The molecule has 8 N–H and O–H groups in total. The third-order valence-electron chi connectivity index (χ3n) is 12.0. The van der Waals surface area contributed by atoms with Gasteiger partial charge in [0.15, 0.2) is 16.8 Å². The molecule has 0 aliphatic carbocycles. The molecule has 2 aromatic carbocycles. The number of nitrogens with zero attached hydrogens (tertiary/aromatic N) is 2. The highest BCUT2D eigenvalue weighted by Gasteiger charge is 2.50. The summed E-state index contributed by atoms with van der Waals surface area (Å²) in [7, 11) is 1.82. The third kappa shape index (κ3) is 8.54. The first kappa shape index (κ1) is 42.5. The fourth-order valence-electron chi connectivity index (χ4n) is 8.73. The molecule has 1 amide bonds. The van der Waals surface area contributed by atoms with Crippen molar-refractivity contribution in [2.75, 3.05) is 38.3 Å². The van der Waals surface area contributed by atoms with Crippen LogP contribution in [0.4, 0.5) is 5.69 Å². The molecule has 318 valence electrons. The number of hydrogen-bond acceptors (Lipinski definition) is 15. The fraction of sp³-hybridized carbons (Fsp3) is 0.512. The molecule has 16 heteroatoms. The number of aliphatic hydroxyl groups is 5. The van der Waals surface area contributed by atoms with Gasteiger partial charge < -0.3 is 55.3 Å². The van der Waals surface area contributed by atoms with E-state index in [1.165, 1.54) is 30.3 Å². The second kappa shape index (κ2) is 17.5. The number of rotatable bonds is 18. The first-order valence-corrected chi connectivity index (χ1v) is 20.2. The van der Waals surface area contributed by atoms with Crippen molar-refractivity contribution in [2.24, 2.45) is 10.9 Å². The molecular formula is C43H54N4O12.